The summed E-state index contributed by atoms with van der Waals surface area (Å²) in [6, 6.07) is -0.0634. The van der Waals surface area contributed by atoms with Crippen LogP contribution in [0.5, 0.6) is 0 Å². The highest BCUT2D eigenvalue weighted by atomic mass is 16.5. The lowest BCUT2D eigenvalue weighted by atomic mass is 9.98. The Balaban J connectivity index is 1.40. The Bertz CT molecular complexity index is 706. The summed E-state index contributed by atoms with van der Waals surface area (Å²) in [4.78, 5) is 14.6. The van der Waals surface area contributed by atoms with Gasteiger partial charge in [-0.1, -0.05) is 10.4 Å². The SMILES string of the molecule is Cc1noc(C2CC2)c1NC(=O)N1CCC[C@@H](Cn2ccnn2)C1. The van der Waals surface area contributed by atoms with E-state index in [0.717, 1.165) is 62.5 Å². The maximum Gasteiger partial charge on any atom is 0.322 e. The summed E-state index contributed by atoms with van der Waals surface area (Å²) in [5, 5.41) is 14.9. The van der Waals surface area contributed by atoms with Crippen LogP contribution < -0.4 is 5.32 Å². The molecule has 0 bridgehead atoms. The molecule has 24 heavy (non-hydrogen) atoms. The van der Waals surface area contributed by atoms with Gasteiger partial charge in [-0.3, -0.25) is 4.68 Å². The van der Waals surface area contributed by atoms with Gasteiger partial charge in [0.15, 0.2) is 5.76 Å². The largest absolute Gasteiger partial charge is 0.359 e. The van der Waals surface area contributed by atoms with Gasteiger partial charge in [-0.25, -0.2) is 4.79 Å². The molecule has 4 rings (SSSR count). The number of nitrogens with one attached hydrogen (secondary N) is 1. The second-order valence-corrected chi connectivity index (χ2v) is 6.79. The predicted molar refractivity (Wildman–Crippen MR) is 86.6 cm³/mol. The van der Waals surface area contributed by atoms with Gasteiger partial charge >= 0.3 is 6.03 Å². The molecule has 0 radical (unpaired) electrons. The summed E-state index contributed by atoms with van der Waals surface area (Å²) in [7, 11) is 0. The number of amides is 2. The third kappa shape index (κ3) is 3.13. The highest BCUT2D eigenvalue weighted by Gasteiger charge is 2.33. The van der Waals surface area contributed by atoms with E-state index in [4.69, 9.17) is 4.52 Å². The Morgan fingerprint density at radius 3 is 3.04 bits per heavy atom. The molecule has 2 aromatic heterocycles. The topological polar surface area (TPSA) is 89.1 Å². The average molecular weight is 330 g/mol. The fourth-order valence-electron chi connectivity index (χ4n) is 3.34. The predicted octanol–water partition coefficient (Wildman–Crippen LogP) is 2.40. The molecule has 2 amide bonds. The monoisotopic (exact) mass is 330 g/mol. The van der Waals surface area contributed by atoms with E-state index in [1.54, 1.807) is 6.20 Å². The standard InChI is InChI=1S/C16H22N6O2/c1-11-14(15(24-19-11)13-4-5-13)18-16(23)21-7-2-3-12(9-21)10-22-8-6-17-20-22/h6,8,12-13H,2-5,7,9-10H2,1H3,(H,18,23)/t12-/m1/s1. The maximum atomic E-state index is 12.7. The summed E-state index contributed by atoms with van der Waals surface area (Å²) in [6.45, 7) is 4.18. The maximum absolute atomic E-state index is 12.7. The zero-order chi connectivity index (χ0) is 16.5. The molecule has 8 heteroatoms. The van der Waals surface area contributed by atoms with Crippen LogP contribution in [0.25, 0.3) is 0 Å². The van der Waals surface area contributed by atoms with Crippen LogP contribution in [0.4, 0.5) is 10.5 Å². The van der Waals surface area contributed by atoms with Gasteiger partial charge in [0.2, 0.25) is 0 Å². The van der Waals surface area contributed by atoms with Crippen molar-refractivity contribution in [2.75, 3.05) is 18.4 Å². The quantitative estimate of drug-likeness (QED) is 0.930. The summed E-state index contributed by atoms with van der Waals surface area (Å²) < 4.78 is 7.23. The number of carbonyl (C=O) groups is 1. The normalized spacial score (nSPS) is 21.0. The number of hydrogen-bond donors (Lipinski definition) is 1. The molecule has 2 aromatic rings. The summed E-state index contributed by atoms with van der Waals surface area (Å²) in [5.41, 5.74) is 1.52. The first kappa shape index (κ1) is 15.2. The van der Waals surface area contributed by atoms with Crippen LogP contribution in [0.2, 0.25) is 0 Å². The molecule has 1 saturated heterocycles. The molecular formula is C16H22N6O2. The number of piperidine rings is 1. The summed E-state index contributed by atoms with van der Waals surface area (Å²) in [5.74, 6) is 1.65. The number of likely N-dealkylation sites (tertiary alicyclic amines) is 1. The highest BCUT2D eigenvalue weighted by Crippen LogP contribution is 2.44. The second kappa shape index (κ2) is 6.26. The van der Waals surface area contributed by atoms with Crippen molar-refractivity contribution in [2.45, 2.75) is 45.1 Å². The van der Waals surface area contributed by atoms with Gasteiger partial charge in [-0.2, -0.15) is 0 Å². The van der Waals surface area contributed by atoms with Crippen LogP contribution in [-0.2, 0) is 6.54 Å². The Labute approximate surface area is 140 Å². The first-order valence-electron chi connectivity index (χ1n) is 8.57. The van der Waals surface area contributed by atoms with Gasteiger partial charge in [-0.15, -0.1) is 5.10 Å². The molecule has 1 N–H and O–H groups in total. The molecule has 1 atom stereocenters. The van der Waals surface area contributed by atoms with Crippen LogP contribution >= 0.6 is 0 Å². The van der Waals surface area contributed by atoms with Gasteiger partial charge in [0.1, 0.15) is 11.4 Å². The minimum absolute atomic E-state index is 0.0634. The Morgan fingerprint density at radius 2 is 2.29 bits per heavy atom. The highest BCUT2D eigenvalue weighted by molar-refractivity contribution is 5.90. The van der Waals surface area contributed by atoms with Crippen LogP contribution in [-0.4, -0.2) is 44.2 Å². The zero-order valence-corrected chi connectivity index (χ0v) is 13.8. The lowest BCUT2D eigenvalue weighted by molar-refractivity contribution is 0.168. The Morgan fingerprint density at radius 1 is 1.42 bits per heavy atom. The van der Waals surface area contributed by atoms with Crippen LogP contribution in [0.3, 0.4) is 0 Å². The zero-order valence-electron chi connectivity index (χ0n) is 13.8. The fraction of sp³-hybridized carbons (Fsp3) is 0.625. The molecule has 0 aromatic carbocycles. The van der Waals surface area contributed by atoms with Crippen molar-refractivity contribution in [1.29, 1.82) is 0 Å². The number of aromatic nitrogens is 4. The van der Waals surface area contributed by atoms with E-state index < -0.39 is 0 Å². The lowest BCUT2D eigenvalue weighted by Crippen LogP contribution is -2.43. The van der Waals surface area contributed by atoms with Gasteiger partial charge in [0, 0.05) is 31.7 Å². The number of urea groups is 1. The average Bonchev–Trinajstić information content (AvgIpc) is 3.19. The van der Waals surface area contributed by atoms with E-state index >= 15 is 0 Å². The van der Waals surface area contributed by atoms with E-state index in [0.29, 0.717) is 11.8 Å². The van der Waals surface area contributed by atoms with E-state index in [9.17, 15) is 4.79 Å². The first-order chi connectivity index (χ1) is 11.7. The minimum atomic E-state index is -0.0634. The molecule has 2 aliphatic rings. The smallest absolute Gasteiger partial charge is 0.322 e. The molecule has 2 fully saturated rings. The summed E-state index contributed by atoms with van der Waals surface area (Å²) >= 11 is 0. The second-order valence-electron chi connectivity index (χ2n) is 6.79. The van der Waals surface area contributed by atoms with Crippen molar-refractivity contribution in [2.24, 2.45) is 5.92 Å². The lowest BCUT2D eigenvalue weighted by Gasteiger charge is -2.32. The fourth-order valence-corrected chi connectivity index (χ4v) is 3.34. The van der Waals surface area contributed by atoms with Crippen molar-refractivity contribution in [3.63, 3.8) is 0 Å². The molecule has 1 aliphatic carbocycles. The van der Waals surface area contributed by atoms with Crippen molar-refractivity contribution in [1.82, 2.24) is 25.1 Å². The number of nitrogens with zero attached hydrogens (tertiary/aromatic N) is 5. The van der Waals surface area contributed by atoms with Crippen LogP contribution in [0.1, 0.15) is 43.1 Å². The molecule has 128 valence electrons. The van der Waals surface area contributed by atoms with E-state index in [-0.39, 0.29) is 6.03 Å². The molecule has 1 saturated carbocycles. The minimum Gasteiger partial charge on any atom is -0.359 e. The Hall–Kier alpha value is -2.38. The van der Waals surface area contributed by atoms with E-state index in [2.05, 4.69) is 20.8 Å². The number of anilines is 1. The van der Waals surface area contributed by atoms with Gasteiger partial charge < -0.3 is 14.7 Å². The molecular weight excluding hydrogens is 308 g/mol. The number of hydrogen-bond acceptors (Lipinski definition) is 5. The third-order valence-electron chi connectivity index (χ3n) is 4.79. The molecule has 8 nitrogen and oxygen atoms in total. The van der Waals surface area contributed by atoms with Crippen LogP contribution in [0, 0.1) is 12.8 Å². The number of aryl methyl sites for hydroxylation is 1. The molecule has 0 spiro atoms. The number of carbonyl (C=O) groups excluding carboxylic acids is 1. The van der Waals surface area contributed by atoms with Crippen molar-refractivity contribution >= 4 is 11.7 Å². The van der Waals surface area contributed by atoms with E-state index in [1.165, 1.54) is 0 Å². The molecule has 0 unspecified atom stereocenters. The number of rotatable bonds is 4. The molecule has 1 aliphatic heterocycles. The van der Waals surface area contributed by atoms with Gasteiger partial charge in [0.25, 0.3) is 0 Å². The summed E-state index contributed by atoms with van der Waals surface area (Å²) in [6.07, 6.45) is 7.87. The first-order valence-corrected chi connectivity index (χ1v) is 8.57. The Kier molecular flexibility index (Phi) is 3.95. The van der Waals surface area contributed by atoms with Crippen molar-refractivity contribution in [3.05, 3.63) is 23.8 Å². The van der Waals surface area contributed by atoms with E-state index in [1.807, 2.05) is 22.7 Å². The van der Waals surface area contributed by atoms with Gasteiger partial charge in [0.05, 0.1) is 6.20 Å². The third-order valence-corrected chi connectivity index (χ3v) is 4.79. The van der Waals surface area contributed by atoms with Crippen molar-refractivity contribution in [3.8, 4) is 0 Å². The van der Waals surface area contributed by atoms with Crippen LogP contribution in [0.15, 0.2) is 16.9 Å². The van der Waals surface area contributed by atoms with Gasteiger partial charge in [-0.05, 0) is 38.5 Å². The van der Waals surface area contributed by atoms with Crippen molar-refractivity contribution < 1.29 is 9.32 Å². The molecule has 3 heterocycles.